The van der Waals surface area contributed by atoms with Gasteiger partial charge in [0.25, 0.3) is 0 Å². The first-order valence-electron chi connectivity index (χ1n) is 8.26. The number of aromatic nitrogens is 2. The highest BCUT2D eigenvalue weighted by Crippen LogP contribution is 2.23. The van der Waals surface area contributed by atoms with Crippen molar-refractivity contribution in [3.63, 3.8) is 0 Å². The van der Waals surface area contributed by atoms with E-state index in [1.54, 1.807) is 4.57 Å². The molecule has 2 aromatic carbocycles. The summed E-state index contributed by atoms with van der Waals surface area (Å²) in [7, 11) is 1.89. The van der Waals surface area contributed by atoms with Gasteiger partial charge >= 0.3 is 5.95 Å². The van der Waals surface area contributed by atoms with E-state index in [4.69, 9.17) is 10.5 Å². The van der Waals surface area contributed by atoms with Crippen molar-refractivity contribution in [3.05, 3.63) is 66.4 Å². The number of nitrogens with two attached hydrogens (primary N) is 1. The van der Waals surface area contributed by atoms with Gasteiger partial charge in [0, 0.05) is 11.1 Å². The minimum absolute atomic E-state index is 0.0288. The van der Waals surface area contributed by atoms with Crippen molar-refractivity contribution in [2.24, 2.45) is 7.05 Å². The van der Waals surface area contributed by atoms with Crippen molar-refractivity contribution in [2.75, 3.05) is 12.3 Å². The molecule has 0 bridgehead atoms. The standard InChI is InChI=1S/C20H21N3O2/c1-3-25-17-11-9-15(10-12-17)18-13-23(20(21)22(18)2)14-19(24)16-7-5-4-6-8-16/h4-13,21H,3,14H2,1-2H3/p+1. The van der Waals surface area contributed by atoms with Crippen LogP contribution in [0.3, 0.4) is 0 Å². The fourth-order valence-electron chi connectivity index (χ4n) is 2.77. The van der Waals surface area contributed by atoms with E-state index in [2.05, 4.69) is 0 Å². The summed E-state index contributed by atoms with van der Waals surface area (Å²) in [6.07, 6.45) is 1.91. The highest BCUT2D eigenvalue weighted by atomic mass is 16.5. The minimum atomic E-state index is 0.0288. The average Bonchev–Trinajstić information content (AvgIpc) is 2.92. The number of anilines is 1. The summed E-state index contributed by atoms with van der Waals surface area (Å²) in [5.41, 5.74) is 8.84. The lowest BCUT2D eigenvalue weighted by atomic mass is 10.1. The van der Waals surface area contributed by atoms with Gasteiger partial charge in [0.05, 0.1) is 13.7 Å². The summed E-state index contributed by atoms with van der Waals surface area (Å²) >= 11 is 0. The Hall–Kier alpha value is -3.08. The van der Waals surface area contributed by atoms with Crippen LogP contribution in [-0.4, -0.2) is 17.0 Å². The zero-order valence-corrected chi connectivity index (χ0v) is 14.5. The highest BCUT2D eigenvalue weighted by molar-refractivity contribution is 5.95. The van der Waals surface area contributed by atoms with E-state index in [9.17, 15) is 4.79 Å². The van der Waals surface area contributed by atoms with Gasteiger partial charge in [-0.3, -0.25) is 10.5 Å². The van der Waals surface area contributed by atoms with E-state index in [0.717, 1.165) is 17.0 Å². The molecule has 3 rings (SSSR count). The van der Waals surface area contributed by atoms with Crippen molar-refractivity contribution < 1.29 is 14.1 Å². The summed E-state index contributed by atoms with van der Waals surface area (Å²) < 4.78 is 9.14. The van der Waals surface area contributed by atoms with Crippen LogP contribution < -0.4 is 15.0 Å². The Morgan fingerprint density at radius 1 is 1.12 bits per heavy atom. The van der Waals surface area contributed by atoms with Gasteiger partial charge in [-0.05, 0) is 31.2 Å². The molecule has 3 aromatic rings. The average molecular weight is 336 g/mol. The quantitative estimate of drug-likeness (QED) is 0.556. The second kappa shape index (κ2) is 7.21. The number of imidazole rings is 1. The Morgan fingerprint density at radius 3 is 2.44 bits per heavy atom. The van der Waals surface area contributed by atoms with Crippen LogP contribution in [0, 0.1) is 0 Å². The first-order valence-corrected chi connectivity index (χ1v) is 8.26. The molecule has 0 aliphatic carbocycles. The molecular formula is C20H22N3O2+. The van der Waals surface area contributed by atoms with Crippen LogP contribution in [0.1, 0.15) is 17.3 Å². The molecule has 0 unspecified atom stereocenters. The SMILES string of the molecule is CCOc1ccc(-c2c[n+](CC(=O)c3ccccc3)c(N)n2C)cc1. The molecule has 128 valence electrons. The summed E-state index contributed by atoms with van der Waals surface area (Å²) in [6.45, 7) is 2.80. The molecule has 0 spiro atoms. The maximum atomic E-state index is 12.4. The van der Waals surface area contributed by atoms with Crippen LogP contribution in [0.5, 0.6) is 5.75 Å². The summed E-state index contributed by atoms with van der Waals surface area (Å²) in [6, 6.07) is 17.1. The van der Waals surface area contributed by atoms with E-state index < -0.39 is 0 Å². The predicted octanol–water partition coefficient (Wildman–Crippen LogP) is 2.84. The van der Waals surface area contributed by atoms with E-state index in [1.807, 2.05) is 79.3 Å². The van der Waals surface area contributed by atoms with Crippen molar-refractivity contribution >= 4 is 11.7 Å². The molecule has 0 amide bonds. The fourth-order valence-corrected chi connectivity index (χ4v) is 2.77. The van der Waals surface area contributed by atoms with Crippen LogP contribution in [0.15, 0.2) is 60.8 Å². The number of rotatable bonds is 6. The van der Waals surface area contributed by atoms with Gasteiger partial charge < -0.3 is 4.74 Å². The lowest BCUT2D eigenvalue weighted by molar-refractivity contribution is -0.667. The number of ether oxygens (including phenoxy) is 1. The summed E-state index contributed by atoms with van der Waals surface area (Å²) in [5.74, 6) is 1.40. The molecule has 0 saturated heterocycles. The molecular weight excluding hydrogens is 314 g/mol. The van der Waals surface area contributed by atoms with E-state index in [1.165, 1.54) is 0 Å². The third-order valence-electron chi connectivity index (χ3n) is 4.15. The normalized spacial score (nSPS) is 10.6. The number of hydrogen-bond acceptors (Lipinski definition) is 3. The van der Waals surface area contributed by atoms with Crippen LogP contribution in [0.2, 0.25) is 0 Å². The van der Waals surface area contributed by atoms with Gasteiger partial charge in [-0.2, -0.15) is 0 Å². The van der Waals surface area contributed by atoms with E-state index in [0.29, 0.717) is 18.1 Å². The van der Waals surface area contributed by atoms with Crippen LogP contribution in [0.25, 0.3) is 11.3 Å². The predicted molar refractivity (Wildman–Crippen MR) is 97.4 cm³/mol. The van der Waals surface area contributed by atoms with Gasteiger partial charge in [-0.1, -0.05) is 30.3 Å². The van der Waals surface area contributed by atoms with Crippen LogP contribution in [0.4, 0.5) is 5.95 Å². The number of hydrogen-bond donors (Lipinski definition) is 1. The number of carbonyl (C=O) groups is 1. The molecule has 1 aromatic heterocycles. The smallest absolute Gasteiger partial charge is 0.355 e. The Labute approximate surface area is 147 Å². The molecule has 0 aliphatic rings. The van der Waals surface area contributed by atoms with Crippen molar-refractivity contribution in [1.82, 2.24) is 4.57 Å². The molecule has 0 atom stereocenters. The molecule has 0 fully saturated rings. The number of benzene rings is 2. The lowest BCUT2D eigenvalue weighted by Crippen LogP contribution is -2.39. The van der Waals surface area contributed by atoms with Crippen molar-refractivity contribution in [3.8, 4) is 17.0 Å². The lowest BCUT2D eigenvalue weighted by Gasteiger charge is -2.03. The zero-order chi connectivity index (χ0) is 17.8. The van der Waals surface area contributed by atoms with Gasteiger partial charge in [0.1, 0.15) is 24.2 Å². The van der Waals surface area contributed by atoms with Gasteiger partial charge in [0.15, 0.2) is 5.78 Å². The first-order chi connectivity index (χ1) is 12.1. The number of carbonyl (C=O) groups excluding carboxylic acids is 1. The maximum absolute atomic E-state index is 12.4. The van der Waals surface area contributed by atoms with Gasteiger partial charge in [-0.25, -0.2) is 9.13 Å². The Kier molecular flexibility index (Phi) is 4.84. The summed E-state index contributed by atoms with van der Waals surface area (Å²) in [4.78, 5) is 12.4. The second-order valence-corrected chi connectivity index (χ2v) is 5.81. The van der Waals surface area contributed by atoms with Gasteiger partial charge in [0.2, 0.25) is 0 Å². The topological polar surface area (TPSA) is 61.1 Å². The molecule has 25 heavy (non-hydrogen) atoms. The Balaban J connectivity index is 1.86. The Morgan fingerprint density at radius 2 is 1.80 bits per heavy atom. The molecule has 2 N–H and O–H groups in total. The third kappa shape index (κ3) is 3.55. The second-order valence-electron chi connectivity index (χ2n) is 5.81. The number of Topliss-reactive ketones (excluding diaryl/α,β-unsaturated/α-hetero) is 1. The number of nitrogen functional groups attached to an aromatic ring is 1. The van der Waals surface area contributed by atoms with Crippen molar-refractivity contribution in [1.29, 1.82) is 0 Å². The molecule has 5 nitrogen and oxygen atoms in total. The maximum Gasteiger partial charge on any atom is 0.355 e. The number of ketones is 1. The van der Waals surface area contributed by atoms with Crippen molar-refractivity contribution in [2.45, 2.75) is 13.5 Å². The molecule has 0 aliphatic heterocycles. The monoisotopic (exact) mass is 336 g/mol. The molecule has 0 radical (unpaired) electrons. The van der Waals surface area contributed by atoms with E-state index >= 15 is 0 Å². The van der Waals surface area contributed by atoms with E-state index in [-0.39, 0.29) is 12.3 Å². The zero-order valence-electron chi connectivity index (χ0n) is 14.5. The summed E-state index contributed by atoms with van der Waals surface area (Å²) in [5, 5.41) is 0. The fraction of sp³-hybridized carbons (Fsp3) is 0.200. The largest absolute Gasteiger partial charge is 0.494 e. The third-order valence-corrected chi connectivity index (χ3v) is 4.15. The minimum Gasteiger partial charge on any atom is -0.494 e. The highest BCUT2D eigenvalue weighted by Gasteiger charge is 2.20. The molecule has 5 heteroatoms. The van der Waals surface area contributed by atoms with Crippen LogP contribution >= 0.6 is 0 Å². The number of nitrogens with zero attached hydrogens (tertiary/aromatic N) is 2. The molecule has 0 saturated carbocycles. The molecule has 1 heterocycles. The van der Waals surface area contributed by atoms with Gasteiger partial charge in [-0.15, -0.1) is 0 Å². The van der Waals surface area contributed by atoms with Crippen LogP contribution in [-0.2, 0) is 13.6 Å². The Bertz CT molecular complexity index is 868. The first kappa shape index (κ1) is 16.8.